The Kier molecular flexibility index (Phi) is 4.96. The minimum Gasteiger partial charge on any atom is -0.511 e. The van der Waals surface area contributed by atoms with Crippen LogP contribution in [0.5, 0.6) is 0 Å². The maximum Gasteiger partial charge on any atom is 0.206 e. The summed E-state index contributed by atoms with van der Waals surface area (Å²) in [5.41, 5.74) is 0.275. The van der Waals surface area contributed by atoms with Gasteiger partial charge in [-0.3, -0.25) is 4.79 Å². The van der Waals surface area contributed by atoms with Gasteiger partial charge in [0.25, 0.3) is 0 Å². The van der Waals surface area contributed by atoms with E-state index in [1.165, 1.54) is 0 Å². The summed E-state index contributed by atoms with van der Waals surface area (Å²) in [5, 5.41) is 18.6. The molecule has 3 nitrogen and oxygen atoms in total. The Morgan fingerprint density at radius 3 is 2.53 bits per heavy atom. The molecule has 88 valence electrons. The van der Waals surface area contributed by atoms with E-state index in [0.29, 0.717) is 12.0 Å². The molecule has 0 aliphatic carbocycles. The van der Waals surface area contributed by atoms with Crippen molar-refractivity contribution in [3.05, 3.63) is 47.2 Å². The topological polar surface area (TPSA) is 61.1 Å². The minimum atomic E-state index is -0.415. The second kappa shape index (κ2) is 6.49. The zero-order valence-electron chi connectivity index (χ0n) is 9.81. The molecule has 0 atom stereocenters. The van der Waals surface area contributed by atoms with Crippen molar-refractivity contribution in [1.82, 2.24) is 0 Å². The molecular formula is C14H15NO2. The third-order valence-corrected chi connectivity index (χ3v) is 2.43. The van der Waals surface area contributed by atoms with Gasteiger partial charge in [0, 0.05) is 12.0 Å². The molecule has 0 fully saturated rings. The molecule has 3 heteroatoms. The minimum absolute atomic E-state index is 0.108. The van der Waals surface area contributed by atoms with Gasteiger partial charge in [-0.2, -0.15) is 5.26 Å². The zero-order valence-corrected chi connectivity index (χ0v) is 9.81. The molecular weight excluding hydrogens is 214 g/mol. The summed E-state index contributed by atoms with van der Waals surface area (Å²) < 4.78 is 0. The van der Waals surface area contributed by atoms with Crippen LogP contribution in [0.15, 0.2) is 41.7 Å². The van der Waals surface area contributed by atoms with Crippen LogP contribution in [0.2, 0.25) is 0 Å². The van der Waals surface area contributed by atoms with Gasteiger partial charge in [0.1, 0.15) is 17.4 Å². The lowest BCUT2D eigenvalue weighted by molar-refractivity contribution is 0.103. The van der Waals surface area contributed by atoms with Gasteiger partial charge in [-0.05, 0) is 6.42 Å². The van der Waals surface area contributed by atoms with Gasteiger partial charge in [-0.25, -0.2) is 0 Å². The molecule has 0 spiro atoms. The van der Waals surface area contributed by atoms with Crippen molar-refractivity contribution in [3.8, 4) is 6.07 Å². The lowest BCUT2D eigenvalue weighted by Gasteiger charge is -2.03. The number of nitrogens with zero attached hydrogens (tertiary/aromatic N) is 1. The average molecular weight is 229 g/mol. The number of nitriles is 1. The second-order valence-electron chi connectivity index (χ2n) is 3.73. The maximum absolute atomic E-state index is 11.9. The van der Waals surface area contributed by atoms with Crippen LogP contribution in [0.4, 0.5) is 0 Å². The molecule has 0 aliphatic heterocycles. The summed E-state index contributed by atoms with van der Waals surface area (Å²) in [6.07, 6.45) is 2.04. The van der Waals surface area contributed by atoms with Crippen molar-refractivity contribution in [2.75, 3.05) is 0 Å². The largest absolute Gasteiger partial charge is 0.511 e. The highest BCUT2D eigenvalue weighted by molar-refractivity contribution is 6.11. The highest BCUT2D eigenvalue weighted by Gasteiger charge is 2.16. The average Bonchev–Trinajstić information content (AvgIpc) is 2.38. The Bertz CT molecular complexity index is 455. The van der Waals surface area contributed by atoms with Crippen LogP contribution >= 0.6 is 0 Å². The quantitative estimate of drug-likeness (QED) is 0.364. The summed E-state index contributed by atoms with van der Waals surface area (Å²) >= 11 is 0. The van der Waals surface area contributed by atoms with Crippen LogP contribution in [-0.2, 0) is 0 Å². The number of aliphatic hydroxyl groups is 1. The van der Waals surface area contributed by atoms with Crippen LogP contribution in [0.3, 0.4) is 0 Å². The van der Waals surface area contributed by atoms with Gasteiger partial charge in [0.15, 0.2) is 0 Å². The molecule has 0 saturated carbocycles. The van der Waals surface area contributed by atoms with Gasteiger partial charge in [0.05, 0.1) is 0 Å². The van der Waals surface area contributed by atoms with E-state index in [4.69, 9.17) is 5.26 Å². The Morgan fingerprint density at radius 2 is 2.00 bits per heavy atom. The number of aliphatic hydroxyl groups excluding tert-OH is 1. The van der Waals surface area contributed by atoms with E-state index in [9.17, 15) is 9.90 Å². The Labute approximate surface area is 101 Å². The summed E-state index contributed by atoms with van der Waals surface area (Å²) in [5.74, 6) is -0.523. The number of allylic oxidation sites excluding steroid dienone is 2. The van der Waals surface area contributed by atoms with Gasteiger partial charge < -0.3 is 5.11 Å². The number of unbranched alkanes of at least 4 members (excludes halogenated alkanes) is 1. The molecule has 0 radical (unpaired) electrons. The van der Waals surface area contributed by atoms with Gasteiger partial charge in [-0.1, -0.05) is 43.7 Å². The molecule has 1 N–H and O–H groups in total. The number of hydrogen-bond acceptors (Lipinski definition) is 3. The number of hydrogen-bond donors (Lipinski definition) is 1. The number of rotatable bonds is 5. The predicted molar refractivity (Wildman–Crippen MR) is 65.6 cm³/mol. The predicted octanol–water partition coefficient (Wildman–Crippen LogP) is 3.40. The number of carbonyl (C=O) groups excluding carboxylic acids is 1. The Morgan fingerprint density at radius 1 is 1.35 bits per heavy atom. The number of carbonyl (C=O) groups is 1. The Hall–Kier alpha value is -2.08. The summed E-state index contributed by atoms with van der Waals surface area (Å²) in [6.45, 7) is 1.98. The van der Waals surface area contributed by atoms with E-state index >= 15 is 0 Å². The summed E-state index contributed by atoms with van der Waals surface area (Å²) in [4.78, 5) is 11.9. The molecule has 1 aromatic carbocycles. The van der Waals surface area contributed by atoms with Crippen molar-refractivity contribution in [2.24, 2.45) is 0 Å². The summed E-state index contributed by atoms with van der Waals surface area (Å²) in [6, 6.07) is 10.3. The zero-order chi connectivity index (χ0) is 12.7. The van der Waals surface area contributed by atoms with Crippen molar-refractivity contribution in [3.63, 3.8) is 0 Å². The Balaban J connectivity index is 2.96. The molecule has 0 unspecified atom stereocenters. The first-order chi connectivity index (χ1) is 8.20. The standard InChI is InChI=1S/C14H15NO2/c1-2-3-9-13(16)12(10-15)14(17)11-7-5-4-6-8-11/h4-8,16H,2-3,9H2,1H3. The molecule has 1 rings (SSSR count). The fourth-order valence-electron chi connectivity index (χ4n) is 1.45. The first-order valence-electron chi connectivity index (χ1n) is 5.62. The van der Waals surface area contributed by atoms with E-state index in [1.54, 1.807) is 36.4 Å². The van der Waals surface area contributed by atoms with Crippen molar-refractivity contribution in [2.45, 2.75) is 26.2 Å². The fourth-order valence-corrected chi connectivity index (χ4v) is 1.45. The molecule has 0 bridgehead atoms. The summed E-state index contributed by atoms with van der Waals surface area (Å²) in [7, 11) is 0. The van der Waals surface area contributed by atoms with Gasteiger partial charge in [-0.15, -0.1) is 0 Å². The van der Waals surface area contributed by atoms with Crippen LogP contribution < -0.4 is 0 Å². The van der Waals surface area contributed by atoms with E-state index in [-0.39, 0.29) is 11.3 Å². The molecule has 1 aromatic rings. The second-order valence-corrected chi connectivity index (χ2v) is 3.73. The highest BCUT2D eigenvalue weighted by Crippen LogP contribution is 2.14. The van der Waals surface area contributed by atoms with Crippen molar-refractivity contribution < 1.29 is 9.90 Å². The highest BCUT2D eigenvalue weighted by atomic mass is 16.3. The van der Waals surface area contributed by atoms with Gasteiger partial charge >= 0.3 is 0 Å². The number of ketones is 1. The first kappa shape index (κ1) is 13.0. The van der Waals surface area contributed by atoms with Crippen molar-refractivity contribution in [1.29, 1.82) is 5.26 Å². The van der Waals surface area contributed by atoms with E-state index < -0.39 is 5.78 Å². The molecule has 0 aliphatic rings. The third-order valence-electron chi connectivity index (χ3n) is 2.43. The van der Waals surface area contributed by atoms with Crippen LogP contribution in [0, 0.1) is 11.3 Å². The normalized spacial score (nSPS) is 11.5. The number of benzene rings is 1. The monoisotopic (exact) mass is 229 g/mol. The molecule has 0 amide bonds. The third kappa shape index (κ3) is 3.46. The van der Waals surface area contributed by atoms with Crippen molar-refractivity contribution >= 4 is 5.78 Å². The lowest BCUT2D eigenvalue weighted by Crippen LogP contribution is -2.05. The fraction of sp³-hybridized carbons (Fsp3) is 0.286. The first-order valence-corrected chi connectivity index (χ1v) is 5.62. The molecule has 0 aromatic heterocycles. The number of Topliss-reactive ketones (excluding diaryl/α,β-unsaturated/α-hetero) is 1. The van der Waals surface area contributed by atoms with E-state index in [0.717, 1.165) is 12.8 Å². The maximum atomic E-state index is 11.9. The van der Waals surface area contributed by atoms with Crippen LogP contribution in [0.25, 0.3) is 0 Å². The molecule has 0 heterocycles. The van der Waals surface area contributed by atoms with E-state index in [1.807, 2.05) is 6.92 Å². The SMILES string of the molecule is CCCCC(O)=C(C#N)C(=O)c1ccccc1. The molecule has 17 heavy (non-hydrogen) atoms. The van der Waals surface area contributed by atoms with Crippen LogP contribution in [0.1, 0.15) is 36.5 Å². The smallest absolute Gasteiger partial charge is 0.206 e. The van der Waals surface area contributed by atoms with Crippen LogP contribution in [-0.4, -0.2) is 10.9 Å². The van der Waals surface area contributed by atoms with E-state index in [2.05, 4.69) is 0 Å². The lowest BCUT2D eigenvalue weighted by atomic mass is 10.0. The van der Waals surface area contributed by atoms with Gasteiger partial charge in [0.2, 0.25) is 5.78 Å². The molecule has 0 saturated heterocycles.